The molecular formula is C14H14N2O4S. The maximum Gasteiger partial charge on any atom is 0.338 e. The van der Waals surface area contributed by atoms with Gasteiger partial charge < -0.3 is 15.2 Å². The summed E-state index contributed by atoms with van der Waals surface area (Å²) in [6.07, 6.45) is 0. The van der Waals surface area contributed by atoms with Crippen molar-refractivity contribution < 1.29 is 19.4 Å². The number of carbonyl (C=O) groups is 2. The first-order chi connectivity index (χ1) is 10.1. The highest BCUT2D eigenvalue weighted by molar-refractivity contribution is 7.14. The summed E-state index contributed by atoms with van der Waals surface area (Å²) in [6, 6.07) is 7.89. The van der Waals surface area contributed by atoms with Crippen molar-refractivity contribution in [2.45, 2.75) is 6.92 Å². The van der Waals surface area contributed by atoms with Gasteiger partial charge in [0.1, 0.15) is 10.8 Å². The van der Waals surface area contributed by atoms with E-state index >= 15 is 0 Å². The molecule has 6 nitrogen and oxygen atoms in total. The predicted molar refractivity (Wildman–Crippen MR) is 81.5 cm³/mol. The second kappa shape index (κ2) is 6.76. The number of hydrogen-bond acceptors (Lipinski definition) is 4. The molecule has 0 atom stereocenters. The fourth-order valence-corrected chi connectivity index (χ4v) is 2.44. The Kier molecular flexibility index (Phi) is 4.78. The molecule has 2 rings (SSSR count). The van der Waals surface area contributed by atoms with Crippen molar-refractivity contribution in [2.24, 2.45) is 0 Å². The lowest BCUT2D eigenvalue weighted by molar-refractivity contribution is 0.0698. The average molecular weight is 306 g/mol. The van der Waals surface area contributed by atoms with Crippen LogP contribution in [0.25, 0.3) is 0 Å². The molecule has 0 aliphatic heterocycles. The quantitative estimate of drug-likeness (QED) is 0.789. The van der Waals surface area contributed by atoms with Gasteiger partial charge in [-0.05, 0) is 30.5 Å². The Balaban J connectivity index is 2.03. The van der Waals surface area contributed by atoms with E-state index in [9.17, 15) is 9.59 Å². The van der Waals surface area contributed by atoms with E-state index in [1.54, 1.807) is 29.6 Å². The summed E-state index contributed by atoms with van der Waals surface area (Å²) in [5.74, 6) is -0.428. The van der Waals surface area contributed by atoms with E-state index in [1.807, 2.05) is 6.92 Å². The first-order valence-electron chi connectivity index (χ1n) is 6.21. The molecule has 0 bridgehead atoms. The van der Waals surface area contributed by atoms with Crippen LogP contribution in [0.2, 0.25) is 0 Å². The number of thiophene rings is 1. The fourth-order valence-electron chi connectivity index (χ4n) is 1.67. The topological polar surface area (TPSA) is 87.7 Å². The lowest BCUT2D eigenvalue weighted by Gasteiger charge is -2.09. The van der Waals surface area contributed by atoms with Gasteiger partial charge in [-0.3, -0.25) is 5.32 Å². The molecule has 0 unspecified atom stereocenters. The molecule has 21 heavy (non-hydrogen) atoms. The summed E-state index contributed by atoms with van der Waals surface area (Å²) < 4.78 is 5.34. The molecule has 110 valence electrons. The molecule has 0 fully saturated rings. The molecule has 0 aliphatic carbocycles. The summed E-state index contributed by atoms with van der Waals surface area (Å²) in [6.45, 7) is 2.41. The minimum Gasteiger partial charge on any atom is -0.494 e. The highest BCUT2D eigenvalue weighted by Gasteiger charge is 2.13. The van der Waals surface area contributed by atoms with Crippen molar-refractivity contribution in [2.75, 3.05) is 17.2 Å². The Bertz CT molecular complexity index is 654. The molecule has 0 saturated heterocycles. The van der Waals surface area contributed by atoms with Crippen molar-refractivity contribution >= 4 is 34.0 Å². The molecule has 1 aromatic carbocycles. The van der Waals surface area contributed by atoms with E-state index in [0.29, 0.717) is 23.0 Å². The molecular weight excluding hydrogens is 292 g/mol. The maximum atomic E-state index is 11.9. The summed E-state index contributed by atoms with van der Waals surface area (Å²) in [5.41, 5.74) is 0.630. The molecule has 1 aromatic heterocycles. The number of urea groups is 1. The number of ether oxygens (including phenoxy) is 1. The number of aromatic carboxylic acids is 1. The Hall–Kier alpha value is -2.54. The zero-order valence-electron chi connectivity index (χ0n) is 11.3. The fraction of sp³-hybridized carbons (Fsp3) is 0.143. The molecule has 7 heteroatoms. The van der Waals surface area contributed by atoms with Crippen molar-refractivity contribution in [1.82, 2.24) is 0 Å². The number of carboxylic acids is 1. The summed E-state index contributed by atoms with van der Waals surface area (Å²) in [4.78, 5) is 22.8. The molecule has 0 aliphatic rings. The van der Waals surface area contributed by atoms with Crippen molar-refractivity contribution in [3.8, 4) is 5.75 Å². The predicted octanol–water partition coefficient (Wildman–Crippen LogP) is 3.49. The lowest BCUT2D eigenvalue weighted by atomic mass is 10.3. The van der Waals surface area contributed by atoms with Crippen LogP contribution in [0.15, 0.2) is 35.7 Å². The van der Waals surface area contributed by atoms with E-state index in [1.165, 1.54) is 6.07 Å². The molecule has 0 spiro atoms. The number of amides is 2. The van der Waals surface area contributed by atoms with Gasteiger partial charge in [0.2, 0.25) is 0 Å². The first kappa shape index (κ1) is 14.9. The van der Waals surface area contributed by atoms with Gasteiger partial charge in [-0.15, -0.1) is 11.3 Å². The highest BCUT2D eigenvalue weighted by Crippen LogP contribution is 2.23. The third-order valence-corrected chi connectivity index (χ3v) is 3.36. The van der Waals surface area contributed by atoms with Crippen LogP contribution < -0.4 is 15.4 Å². The minimum atomic E-state index is -1.08. The monoisotopic (exact) mass is 306 g/mol. The third-order valence-electron chi connectivity index (χ3n) is 2.53. The number of hydrogen-bond donors (Lipinski definition) is 3. The Labute approximate surface area is 125 Å². The second-order valence-corrected chi connectivity index (χ2v) is 4.92. The van der Waals surface area contributed by atoms with E-state index in [0.717, 1.165) is 11.3 Å². The van der Waals surface area contributed by atoms with Gasteiger partial charge in [0.05, 0.1) is 12.2 Å². The van der Waals surface area contributed by atoms with E-state index in [-0.39, 0.29) is 5.56 Å². The summed E-state index contributed by atoms with van der Waals surface area (Å²) in [5, 5.41) is 16.0. The molecule has 0 saturated carbocycles. The van der Waals surface area contributed by atoms with Gasteiger partial charge in [0.25, 0.3) is 0 Å². The van der Waals surface area contributed by atoms with Crippen LogP contribution in [0.3, 0.4) is 0 Å². The van der Waals surface area contributed by atoms with Gasteiger partial charge in [-0.2, -0.15) is 0 Å². The second-order valence-electron chi connectivity index (χ2n) is 4.01. The SMILES string of the molecule is CCOc1cccc(NC(=O)Nc2sccc2C(=O)O)c1. The first-order valence-corrected chi connectivity index (χ1v) is 7.09. The number of nitrogens with one attached hydrogen (secondary N) is 2. The molecule has 0 radical (unpaired) electrons. The number of rotatable bonds is 5. The normalized spacial score (nSPS) is 9.95. The summed E-state index contributed by atoms with van der Waals surface area (Å²) >= 11 is 1.15. The maximum absolute atomic E-state index is 11.9. The molecule has 2 aromatic rings. The van der Waals surface area contributed by atoms with Crippen LogP contribution in [0.1, 0.15) is 17.3 Å². The zero-order chi connectivity index (χ0) is 15.2. The smallest absolute Gasteiger partial charge is 0.338 e. The Morgan fingerprint density at radius 2 is 2.10 bits per heavy atom. The lowest BCUT2D eigenvalue weighted by Crippen LogP contribution is -2.20. The number of anilines is 2. The molecule has 2 amide bonds. The third kappa shape index (κ3) is 3.96. The van der Waals surface area contributed by atoms with Crippen LogP contribution in [-0.4, -0.2) is 23.7 Å². The average Bonchev–Trinajstić information content (AvgIpc) is 2.87. The van der Waals surface area contributed by atoms with Crippen molar-refractivity contribution in [3.05, 3.63) is 41.3 Å². The van der Waals surface area contributed by atoms with Gasteiger partial charge in [0, 0.05) is 11.8 Å². The molecule has 3 N–H and O–H groups in total. The van der Waals surface area contributed by atoms with E-state index in [4.69, 9.17) is 9.84 Å². The van der Waals surface area contributed by atoms with Crippen LogP contribution in [-0.2, 0) is 0 Å². The Morgan fingerprint density at radius 1 is 1.29 bits per heavy atom. The minimum absolute atomic E-state index is 0.0678. The van der Waals surface area contributed by atoms with Crippen molar-refractivity contribution in [3.63, 3.8) is 0 Å². The van der Waals surface area contributed by atoms with Crippen LogP contribution >= 0.6 is 11.3 Å². The van der Waals surface area contributed by atoms with Crippen LogP contribution in [0, 0.1) is 0 Å². The van der Waals surface area contributed by atoms with Gasteiger partial charge in [-0.1, -0.05) is 6.07 Å². The number of carboxylic acid groups (broad SMARTS) is 1. The summed E-state index contributed by atoms with van der Waals surface area (Å²) in [7, 11) is 0. The van der Waals surface area contributed by atoms with Crippen LogP contribution in [0.5, 0.6) is 5.75 Å². The van der Waals surface area contributed by atoms with Crippen molar-refractivity contribution in [1.29, 1.82) is 0 Å². The van der Waals surface area contributed by atoms with Gasteiger partial charge in [0.15, 0.2) is 0 Å². The van der Waals surface area contributed by atoms with Gasteiger partial charge >= 0.3 is 12.0 Å². The number of benzene rings is 1. The Morgan fingerprint density at radius 3 is 2.81 bits per heavy atom. The van der Waals surface area contributed by atoms with E-state index < -0.39 is 12.0 Å². The van der Waals surface area contributed by atoms with Crippen LogP contribution in [0.4, 0.5) is 15.5 Å². The standard InChI is InChI=1S/C14H14N2O4S/c1-2-20-10-5-3-4-9(8-10)15-14(19)16-12-11(13(17)18)6-7-21-12/h3-8H,2H2,1H3,(H,17,18)(H2,15,16,19). The number of carbonyl (C=O) groups excluding carboxylic acids is 1. The zero-order valence-corrected chi connectivity index (χ0v) is 12.1. The highest BCUT2D eigenvalue weighted by atomic mass is 32.1. The van der Waals surface area contributed by atoms with E-state index in [2.05, 4.69) is 10.6 Å². The van der Waals surface area contributed by atoms with Gasteiger partial charge in [-0.25, -0.2) is 9.59 Å². The largest absolute Gasteiger partial charge is 0.494 e. The molecule has 1 heterocycles.